The van der Waals surface area contributed by atoms with Gasteiger partial charge in [0.1, 0.15) is 0 Å². The van der Waals surface area contributed by atoms with Crippen LogP contribution < -0.4 is 9.19 Å². The van der Waals surface area contributed by atoms with Crippen LogP contribution in [0.15, 0.2) is 84.9 Å². The van der Waals surface area contributed by atoms with Gasteiger partial charge in [-0.3, -0.25) is 0 Å². The van der Waals surface area contributed by atoms with E-state index in [2.05, 4.69) is 56.5 Å². The first kappa shape index (κ1) is 19.1. The van der Waals surface area contributed by atoms with E-state index in [9.17, 15) is 0 Å². The standard InChI is InChI=1S/C24H26N3O2P/c1-25(2)30(26(3)4)27(21-17-11-12-18-22(21)28-30)23(19-13-7-5-8-14-19)24(29-30)20-15-9-6-10-16-20/h5-18H,1-4H3. The molecular weight excluding hydrogens is 393 g/mol. The first-order valence-corrected chi connectivity index (χ1v) is 11.9. The van der Waals surface area contributed by atoms with E-state index in [1.807, 2.05) is 70.7 Å². The molecule has 0 radical (unpaired) electrons. The summed E-state index contributed by atoms with van der Waals surface area (Å²) in [7, 11) is 4.45. The molecule has 0 amide bonds. The van der Waals surface area contributed by atoms with Crippen molar-refractivity contribution in [3.8, 4) is 5.75 Å². The fourth-order valence-corrected chi connectivity index (χ4v) is 8.80. The average Bonchev–Trinajstić information content (AvgIpc) is 3.25. The summed E-state index contributed by atoms with van der Waals surface area (Å²) < 4.78 is 20.5. The number of hydrogen-bond acceptors (Lipinski definition) is 5. The summed E-state index contributed by atoms with van der Waals surface area (Å²) in [6.07, 6.45) is 0. The zero-order chi connectivity index (χ0) is 21.0. The molecule has 5 nitrogen and oxygen atoms in total. The van der Waals surface area contributed by atoms with Gasteiger partial charge in [0.2, 0.25) is 0 Å². The Morgan fingerprint density at radius 1 is 0.633 bits per heavy atom. The molecule has 0 saturated heterocycles. The van der Waals surface area contributed by atoms with Crippen molar-refractivity contribution in [2.75, 3.05) is 32.9 Å². The summed E-state index contributed by atoms with van der Waals surface area (Å²) in [6, 6.07) is 28.9. The van der Waals surface area contributed by atoms with Crippen LogP contribution in [0.2, 0.25) is 0 Å². The van der Waals surface area contributed by atoms with Crippen molar-refractivity contribution < 1.29 is 9.05 Å². The van der Waals surface area contributed by atoms with Gasteiger partial charge in [-0.1, -0.05) is 0 Å². The maximum atomic E-state index is 7.08. The Hall–Kier alpha value is -2.85. The van der Waals surface area contributed by atoms with Gasteiger partial charge >= 0.3 is 178 Å². The molecule has 154 valence electrons. The Bertz CT molecular complexity index is 1120. The fraction of sp³-hybridized carbons (Fsp3) is 0.167. The Kier molecular flexibility index (Phi) is 4.19. The van der Waals surface area contributed by atoms with E-state index in [-0.39, 0.29) is 0 Å². The predicted molar refractivity (Wildman–Crippen MR) is 125 cm³/mol. The molecule has 2 aliphatic heterocycles. The average molecular weight is 419 g/mol. The van der Waals surface area contributed by atoms with E-state index in [1.54, 1.807) is 0 Å². The fourth-order valence-electron chi connectivity index (χ4n) is 4.43. The Morgan fingerprint density at radius 3 is 1.77 bits per heavy atom. The molecule has 6 heteroatoms. The van der Waals surface area contributed by atoms with Gasteiger partial charge < -0.3 is 0 Å². The monoisotopic (exact) mass is 419 g/mol. The molecule has 2 heterocycles. The topological polar surface area (TPSA) is 28.2 Å². The van der Waals surface area contributed by atoms with Gasteiger partial charge in [0.25, 0.3) is 0 Å². The number of benzene rings is 3. The van der Waals surface area contributed by atoms with Crippen molar-refractivity contribution in [2.45, 2.75) is 0 Å². The van der Waals surface area contributed by atoms with Crippen molar-refractivity contribution in [3.63, 3.8) is 0 Å². The molecule has 0 aliphatic carbocycles. The van der Waals surface area contributed by atoms with Crippen LogP contribution >= 0.6 is 7.51 Å². The van der Waals surface area contributed by atoms with Gasteiger partial charge in [-0.2, -0.15) is 0 Å². The molecule has 30 heavy (non-hydrogen) atoms. The van der Waals surface area contributed by atoms with E-state index in [4.69, 9.17) is 9.05 Å². The maximum absolute atomic E-state index is 7.08. The normalized spacial score (nSPS) is 19.7. The molecule has 0 unspecified atom stereocenters. The van der Waals surface area contributed by atoms with Crippen LogP contribution in [0.4, 0.5) is 5.69 Å². The van der Waals surface area contributed by atoms with Crippen LogP contribution in [0.5, 0.6) is 5.75 Å². The Balaban J connectivity index is 1.89. The molecule has 3 aromatic rings. The van der Waals surface area contributed by atoms with Crippen LogP contribution in [-0.2, 0) is 4.52 Å². The molecule has 0 saturated carbocycles. The summed E-state index contributed by atoms with van der Waals surface area (Å²) in [4.78, 5) is 0. The van der Waals surface area contributed by atoms with E-state index in [0.717, 1.165) is 34.0 Å². The van der Waals surface area contributed by atoms with E-state index in [1.165, 1.54) is 0 Å². The molecule has 0 atom stereocenters. The Labute approximate surface area is 178 Å². The van der Waals surface area contributed by atoms with Crippen molar-refractivity contribution in [2.24, 2.45) is 0 Å². The number of anilines is 1. The third kappa shape index (κ3) is 2.28. The molecule has 0 aromatic heterocycles. The number of para-hydroxylation sites is 2. The summed E-state index contributed by atoms with van der Waals surface area (Å²) in [5, 5.41) is 0. The van der Waals surface area contributed by atoms with Gasteiger partial charge in [-0.05, 0) is 0 Å². The van der Waals surface area contributed by atoms with Crippen LogP contribution in [0.1, 0.15) is 11.1 Å². The quantitative estimate of drug-likeness (QED) is 0.507. The van der Waals surface area contributed by atoms with Crippen LogP contribution in [0, 0.1) is 0 Å². The van der Waals surface area contributed by atoms with Crippen molar-refractivity contribution in [1.29, 1.82) is 0 Å². The minimum absolute atomic E-state index is 0.830. The second-order valence-electron chi connectivity index (χ2n) is 7.90. The van der Waals surface area contributed by atoms with Gasteiger partial charge in [0, 0.05) is 0 Å². The molecule has 2 aliphatic rings. The molecular formula is C24H26N3O2P. The predicted octanol–water partition coefficient (Wildman–Crippen LogP) is 5.69. The second kappa shape index (κ2) is 6.58. The number of nitrogens with zero attached hydrogens (tertiary/aromatic N) is 3. The van der Waals surface area contributed by atoms with Gasteiger partial charge in [0.15, 0.2) is 0 Å². The van der Waals surface area contributed by atoms with Crippen molar-refractivity contribution in [3.05, 3.63) is 96.1 Å². The van der Waals surface area contributed by atoms with Crippen molar-refractivity contribution >= 4 is 24.7 Å². The number of rotatable bonds is 4. The van der Waals surface area contributed by atoms with Gasteiger partial charge in [0.05, 0.1) is 0 Å². The van der Waals surface area contributed by atoms with E-state index < -0.39 is 7.51 Å². The first-order chi connectivity index (χ1) is 14.5. The molecule has 0 N–H and O–H groups in total. The molecule has 3 aromatic carbocycles. The summed E-state index contributed by atoms with van der Waals surface area (Å²) in [6.45, 7) is 0. The molecule has 5 rings (SSSR count). The van der Waals surface area contributed by atoms with Gasteiger partial charge in [-0.25, -0.2) is 0 Å². The first-order valence-electron chi connectivity index (χ1n) is 10.0. The molecule has 0 fully saturated rings. The zero-order valence-corrected chi connectivity index (χ0v) is 18.6. The molecule has 0 bridgehead atoms. The minimum atomic E-state index is -3.69. The van der Waals surface area contributed by atoms with Gasteiger partial charge in [-0.15, -0.1) is 0 Å². The van der Waals surface area contributed by atoms with Crippen molar-refractivity contribution in [1.82, 2.24) is 9.34 Å². The van der Waals surface area contributed by atoms with Crippen LogP contribution in [0.25, 0.3) is 11.5 Å². The second-order valence-corrected chi connectivity index (χ2v) is 11.9. The third-order valence-electron chi connectivity index (χ3n) is 5.82. The number of hydrogen-bond donors (Lipinski definition) is 0. The number of fused-ring (bicyclic) bond motifs is 3. The zero-order valence-electron chi connectivity index (χ0n) is 17.7. The summed E-state index contributed by atoms with van der Waals surface area (Å²) in [5.41, 5.74) is 4.15. The van der Waals surface area contributed by atoms with E-state index >= 15 is 0 Å². The summed E-state index contributed by atoms with van der Waals surface area (Å²) >= 11 is 0. The Morgan fingerprint density at radius 2 is 1.17 bits per heavy atom. The van der Waals surface area contributed by atoms with Crippen LogP contribution in [-0.4, -0.2) is 37.5 Å². The molecule has 0 spiro atoms. The summed E-state index contributed by atoms with van der Waals surface area (Å²) in [5.74, 6) is 1.66. The van der Waals surface area contributed by atoms with Crippen LogP contribution in [0.3, 0.4) is 0 Å². The third-order valence-corrected chi connectivity index (χ3v) is 10.7. The van der Waals surface area contributed by atoms with E-state index in [0.29, 0.717) is 0 Å². The SMILES string of the molecule is CN(C)P12(N(C)C)OC(c3ccccc3)=C(c3ccccc3)N1c1ccccc1O2.